The molecular formula is C15H19N3O3S. The highest BCUT2D eigenvalue weighted by molar-refractivity contribution is 7.89. The molecule has 1 fully saturated rings. The van der Waals surface area contributed by atoms with Gasteiger partial charge in [-0.1, -0.05) is 30.3 Å². The summed E-state index contributed by atoms with van der Waals surface area (Å²) < 4.78 is 28.3. The summed E-state index contributed by atoms with van der Waals surface area (Å²) >= 11 is 0. The van der Waals surface area contributed by atoms with Crippen molar-refractivity contribution in [3.8, 4) is 0 Å². The Morgan fingerprint density at radius 3 is 2.55 bits per heavy atom. The van der Waals surface area contributed by atoms with Crippen LogP contribution in [0.2, 0.25) is 0 Å². The van der Waals surface area contributed by atoms with Gasteiger partial charge in [-0.3, -0.25) is 4.68 Å². The highest BCUT2D eigenvalue weighted by Gasteiger charge is 2.43. The monoisotopic (exact) mass is 321 g/mol. The Bertz CT molecular complexity index is 786. The molecular weight excluding hydrogens is 302 g/mol. The molecule has 118 valence electrons. The molecule has 0 bridgehead atoms. The van der Waals surface area contributed by atoms with Crippen LogP contribution >= 0.6 is 0 Å². The molecule has 0 unspecified atom stereocenters. The Labute approximate surface area is 130 Å². The van der Waals surface area contributed by atoms with Crippen molar-refractivity contribution >= 4 is 10.0 Å². The zero-order chi connectivity index (χ0) is 16.0. The van der Waals surface area contributed by atoms with Crippen molar-refractivity contribution in [2.24, 2.45) is 7.05 Å². The van der Waals surface area contributed by atoms with Crippen molar-refractivity contribution in [1.82, 2.24) is 14.1 Å². The molecule has 2 aromatic rings. The van der Waals surface area contributed by atoms with Crippen molar-refractivity contribution in [2.75, 3.05) is 13.1 Å². The van der Waals surface area contributed by atoms with Crippen LogP contribution in [0.3, 0.4) is 0 Å². The lowest BCUT2D eigenvalue weighted by Gasteiger charge is -2.23. The molecule has 1 aromatic carbocycles. The summed E-state index contributed by atoms with van der Waals surface area (Å²) in [6.07, 6.45) is 1.89. The highest BCUT2D eigenvalue weighted by atomic mass is 32.2. The van der Waals surface area contributed by atoms with E-state index >= 15 is 0 Å². The number of aromatic nitrogens is 2. The largest absolute Gasteiger partial charge is 0.384 e. The van der Waals surface area contributed by atoms with Crippen LogP contribution in [0.25, 0.3) is 0 Å². The average molecular weight is 321 g/mol. The van der Waals surface area contributed by atoms with Gasteiger partial charge in [0.25, 0.3) is 0 Å². The predicted molar refractivity (Wildman–Crippen MR) is 81.7 cm³/mol. The second-order valence-corrected chi connectivity index (χ2v) is 7.64. The van der Waals surface area contributed by atoms with E-state index < -0.39 is 15.6 Å². The average Bonchev–Trinajstić information content (AvgIpc) is 3.05. The molecule has 1 saturated heterocycles. The topological polar surface area (TPSA) is 75.4 Å². The van der Waals surface area contributed by atoms with Crippen LogP contribution in [0.5, 0.6) is 0 Å². The molecule has 1 aliphatic heterocycles. The minimum Gasteiger partial charge on any atom is -0.384 e. The number of nitrogens with zero attached hydrogens (tertiary/aromatic N) is 3. The number of β-amino-alcohol motifs (C(OH)–C–C–N with tert-alkyl or cyclic N) is 1. The molecule has 1 atom stereocenters. The van der Waals surface area contributed by atoms with Crippen LogP contribution < -0.4 is 0 Å². The summed E-state index contributed by atoms with van der Waals surface area (Å²) in [6.45, 7) is 2.03. The van der Waals surface area contributed by atoms with Crippen LogP contribution in [0, 0.1) is 6.92 Å². The maximum absolute atomic E-state index is 12.7. The van der Waals surface area contributed by atoms with Crippen LogP contribution in [0.1, 0.15) is 17.7 Å². The third-order valence-corrected chi connectivity index (χ3v) is 6.06. The van der Waals surface area contributed by atoms with E-state index in [9.17, 15) is 13.5 Å². The van der Waals surface area contributed by atoms with Crippen LogP contribution in [0.4, 0.5) is 0 Å². The number of sulfonamides is 1. The van der Waals surface area contributed by atoms with E-state index in [0.717, 1.165) is 5.56 Å². The Hall–Kier alpha value is -1.70. The van der Waals surface area contributed by atoms with Gasteiger partial charge in [0.1, 0.15) is 10.5 Å². The maximum Gasteiger partial charge on any atom is 0.246 e. The van der Waals surface area contributed by atoms with Gasteiger partial charge in [-0.2, -0.15) is 9.40 Å². The van der Waals surface area contributed by atoms with Crippen molar-refractivity contribution in [3.05, 3.63) is 47.8 Å². The maximum atomic E-state index is 12.7. The lowest BCUT2D eigenvalue weighted by molar-refractivity contribution is 0.0531. The zero-order valence-electron chi connectivity index (χ0n) is 12.6. The quantitative estimate of drug-likeness (QED) is 0.915. The number of aryl methyl sites for hydroxylation is 2. The van der Waals surface area contributed by atoms with Crippen molar-refractivity contribution < 1.29 is 13.5 Å². The number of hydrogen-bond donors (Lipinski definition) is 1. The van der Waals surface area contributed by atoms with Crippen molar-refractivity contribution in [2.45, 2.75) is 23.8 Å². The van der Waals surface area contributed by atoms with E-state index in [1.807, 2.05) is 30.3 Å². The lowest BCUT2D eigenvalue weighted by atomic mass is 9.93. The van der Waals surface area contributed by atoms with Gasteiger partial charge in [0.2, 0.25) is 10.0 Å². The smallest absolute Gasteiger partial charge is 0.246 e. The molecule has 0 spiro atoms. The fourth-order valence-electron chi connectivity index (χ4n) is 2.92. The van der Waals surface area contributed by atoms with Gasteiger partial charge in [0, 0.05) is 26.3 Å². The fourth-order valence-corrected chi connectivity index (χ4v) is 4.61. The normalized spacial score (nSPS) is 23.0. The number of aliphatic hydroxyl groups is 1. The Morgan fingerprint density at radius 1 is 1.27 bits per heavy atom. The SMILES string of the molecule is Cc1nn(C)cc1S(=O)(=O)N1CC[C@](O)(c2ccccc2)C1. The van der Waals surface area contributed by atoms with Gasteiger partial charge in [-0.05, 0) is 18.9 Å². The molecule has 2 heterocycles. The summed E-state index contributed by atoms with van der Waals surface area (Å²) in [5, 5.41) is 14.9. The predicted octanol–water partition coefficient (Wildman–Crippen LogP) is 1.01. The van der Waals surface area contributed by atoms with Gasteiger partial charge in [-0.25, -0.2) is 8.42 Å². The minimum atomic E-state index is -3.64. The highest BCUT2D eigenvalue weighted by Crippen LogP contribution is 2.35. The Morgan fingerprint density at radius 2 is 1.95 bits per heavy atom. The van der Waals surface area contributed by atoms with Crippen LogP contribution in [-0.2, 0) is 22.7 Å². The van der Waals surface area contributed by atoms with Crippen molar-refractivity contribution in [3.63, 3.8) is 0 Å². The molecule has 0 aliphatic carbocycles. The summed E-state index contributed by atoms with van der Waals surface area (Å²) in [4.78, 5) is 0.201. The van der Waals surface area contributed by atoms with E-state index in [4.69, 9.17) is 0 Å². The van der Waals surface area contributed by atoms with Gasteiger partial charge < -0.3 is 5.11 Å². The second-order valence-electron chi connectivity index (χ2n) is 5.74. The molecule has 3 rings (SSSR count). The number of rotatable bonds is 3. The van der Waals surface area contributed by atoms with E-state index in [0.29, 0.717) is 18.7 Å². The third kappa shape index (κ3) is 2.45. The van der Waals surface area contributed by atoms with E-state index in [1.54, 1.807) is 14.0 Å². The molecule has 0 saturated carbocycles. The summed E-state index contributed by atoms with van der Waals surface area (Å²) in [5.74, 6) is 0. The third-order valence-electron chi connectivity index (χ3n) is 4.11. The van der Waals surface area contributed by atoms with E-state index in [2.05, 4.69) is 5.10 Å². The molecule has 0 radical (unpaired) electrons. The van der Waals surface area contributed by atoms with Crippen LogP contribution in [-0.4, -0.2) is 40.7 Å². The molecule has 6 nitrogen and oxygen atoms in total. The number of benzene rings is 1. The first-order valence-electron chi connectivity index (χ1n) is 7.11. The van der Waals surface area contributed by atoms with Crippen LogP contribution in [0.15, 0.2) is 41.4 Å². The minimum absolute atomic E-state index is 0.0632. The first-order valence-corrected chi connectivity index (χ1v) is 8.55. The molecule has 1 aromatic heterocycles. The zero-order valence-corrected chi connectivity index (χ0v) is 13.4. The second kappa shape index (κ2) is 5.19. The summed E-state index contributed by atoms with van der Waals surface area (Å²) in [7, 11) is -1.95. The Kier molecular flexibility index (Phi) is 3.58. The van der Waals surface area contributed by atoms with Gasteiger partial charge >= 0.3 is 0 Å². The number of hydrogen-bond acceptors (Lipinski definition) is 4. The summed E-state index contributed by atoms with van der Waals surface area (Å²) in [6, 6.07) is 9.21. The van der Waals surface area contributed by atoms with E-state index in [1.165, 1.54) is 15.2 Å². The molecule has 1 N–H and O–H groups in total. The molecule has 7 heteroatoms. The van der Waals surface area contributed by atoms with Gasteiger partial charge in [0.05, 0.1) is 5.69 Å². The van der Waals surface area contributed by atoms with Gasteiger partial charge in [0.15, 0.2) is 0 Å². The Balaban J connectivity index is 1.91. The summed E-state index contributed by atoms with van der Waals surface area (Å²) in [5.41, 5.74) is 0.0815. The molecule has 22 heavy (non-hydrogen) atoms. The standard InChI is InChI=1S/C15H19N3O3S/c1-12-14(10-17(2)16-12)22(20,21)18-9-8-15(19,11-18)13-6-4-3-5-7-13/h3-7,10,19H,8-9,11H2,1-2H3/t15-/m1/s1. The fraction of sp³-hybridized carbons (Fsp3) is 0.400. The van der Waals surface area contributed by atoms with Crippen molar-refractivity contribution in [1.29, 1.82) is 0 Å². The van der Waals surface area contributed by atoms with Gasteiger partial charge in [-0.15, -0.1) is 0 Å². The lowest BCUT2D eigenvalue weighted by Crippen LogP contribution is -2.34. The first-order chi connectivity index (χ1) is 10.3. The van der Waals surface area contributed by atoms with E-state index in [-0.39, 0.29) is 11.4 Å². The molecule has 1 aliphatic rings. The molecule has 0 amide bonds. The first kappa shape index (κ1) is 15.2.